The molecule has 15 nitrogen and oxygen atoms in total. The van der Waals surface area contributed by atoms with E-state index in [1.54, 1.807) is 55.5 Å². The molecule has 120 heavy (non-hydrogen) atoms. The average molecular weight is 1670 g/mol. The molecule has 3 fully saturated rings. The Hall–Kier alpha value is -9.59. The highest BCUT2D eigenvalue weighted by atomic mass is 35.5. The summed E-state index contributed by atoms with van der Waals surface area (Å²) >= 11 is 0. The second kappa shape index (κ2) is 46.4. The molecule has 1 aliphatic heterocycles. The van der Waals surface area contributed by atoms with Crippen LogP contribution in [0.25, 0.3) is 0 Å². The third kappa shape index (κ3) is 32.1. The van der Waals surface area contributed by atoms with Gasteiger partial charge in [0.25, 0.3) is 0 Å². The summed E-state index contributed by atoms with van der Waals surface area (Å²) in [5, 5.41) is 12.4. The number of esters is 3. The number of nitrogens with zero attached hydrogens (tertiary/aromatic N) is 1. The molecule has 1 spiro atoms. The largest absolute Gasteiger partial charge is 0.481 e. The number of nitrogens with two attached hydrogens (primary N) is 2. The van der Waals surface area contributed by atoms with E-state index in [9.17, 15) is 46.7 Å². The molecule has 0 radical (unpaired) electrons. The molecule has 3 aliphatic rings. The Bertz CT molecular complexity index is 4490. The van der Waals surface area contributed by atoms with E-state index in [1.165, 1.54) is 59.7 Å². The molecule has 2 saturated carbocycles. The number of carboxylic acids is 1. The molecule has 0 bridgehead atoms. The predicted octanol–water partition coefficient (Wildman–Crippen LogP) is 23.9. The summed E-state index contributed by atoms with van der Waals surface area (Å²) in [7, 11) is 0. The molecule has 1 amide bonds. The van der Waals surface area contributed by atoms with Gasteiger partial charge in [-0.25, -0.2) is 27.6 Å². The molecule has 0 aromatic heterocycles. The Morgan fingerprint density at radius 3 is 1.22 bits per heavy atom. The molecule has 1 saturated heterocycles. The maximum Gasteiger partial charge on any atom is 0.338 e. The molecular weight excluding hydrogens is 1540 g/mol. The summed E-state index contributed by atoms with van der Waals surface area (Å²) < 4.78 is 55.3. The van der Waals surface area contributed by atoms with Gasteiger partial charge in [0.1, 0.15) is 29.3 Å². The molecule has 19 heteroatoms. The summed E-state index contributed by atoms with van der Waals surface area (Å²) in [5.74, 6) is -2.08. The monoisotopic (exact) mass is 1670 g/mol. The van der Waals surface area contributed by atoms with E-state index in [0.717, 1.165) is 112 Å². The van der Waals surface area contributed by atoms with Crippen LogP contribution < -0.4 is 16.8 Å². The Morgan fingerprint density at radius 2 is 0.817 bits per heavy atom. The first-order chi connectivity index (χ1) is 56.1. The normalized spacial score (nSPS) is 17.4. The fourth-order valence-electron chi connectivity index (χ4n) is 14.9. The highest BCUT2D eigenvalue weighted by Crippen LogP contribution is 2.50. The number of rotatable bonds is 25. The zero-order chi connectivity index (χ0) is 87.5. The first-order valence-corrected chi connectivity index (χ1v) is 42.3. The van der Waals surface area contributed by atoms with Crippen molar-refractivity contribution in [3.63, 3.8) is 0 Å². The van der Waals surface area contributed by atoms with Crippen molar-refractivity contribution < 1.29 is 66.1 Å². The molecule has 8 aromatic carbocycles. The maximum absolute atomic E-state index is 14.5. The Morgan fingerprint density at radius 1 is 0.458 bits per heavy atom. The van der Waals surface area contributed by atoms with Gasteiger partial charge < -0.3 is 35.7 Å². The number of carboxylic acid groups (broad SMARTS) is 1. The lowest BCUT2D eigenvalue weighted by Crippen LogP contribution is -2.55. The highest BCUT2D eigenvalue weighted by Gasteiger charge is 2.55. The van der Waals surface area contributed by atoms with E-state index in [1.807, 2.05) is 102 Å². The lowest BCUT2D eigenvalue weighted by molar-refractivity contribution is -0.138. The number of benzene rings is 8. The van der Waals surface area contributed by atoms with Crippen LogP contribution in [0, 0.1) is 33.7 Å². The number of hydrogen-bond donors (Lipinski definition) is 4. The number of amides is 1. The van der Waals surface area contributed by atoms with Crippen LogP contribution in [0.2, 0.25) is 0 Å². The van der Waals surface area contributed by atoms with Crippen molar-refractivity contribution in [1.29, 1.82) is 0 Å². The van der Waals surface area contributed by atoms with Crippen molar-refractivity contribution in [2.45, 2.75) is 279 Å². The van der Waals surface area contributed by atoms with Gasteiger partial charge in [-0.1, -0.05) is 196 Å². The van der Waals surface area contributed by atoms with Crippen molar-refractivity contribution in [1.82, 2.24) is 10.2 Å². The third-order valence-electron chi connectivity index (χ3n) is 21.9. The topological polar surface area (TPSA) is 235 Å². The summed E-state index contributed by atoms with van der Waals surface area (Å²) in [6.07, 6.45) is 12.5. The van der Waals surface area contributed by atoms with E-state index in [4.69, 9.17) is 30.8 Å². The minimum absolute atomic E-state index is 0. The van der Waals surface area contributed by atoms with E-state index in [0.29, 0.717) is 50.9 Å². The predicted molar refractivity (Wildman–Crippen MR) is 474 cm³/mol. The van der Waals surface area contributed by atoms with Gasteiger partial charge >= 0.3 is 23.9 Å². The SMILES string of the molecule is CC(C(=O)O)c1ccc(F)cc1.CC(C)OC(=O)c1ccc([C@@H](CCC(C)(C)C)CC(=O)C(N)c2ccc(F)cc2)cc1.CC(C)OC(=O)c1ccc([C@@H](CCC(C)(C)C)N2C(=O)C(c3ccc(F)cc3)NC23CCC(c2ccccc2)CC3)cc1.CC(C)OC(=O)c1ccc([C@H](N)CCC(C)(C)C)cc1.Cl.O=C1CCC(c2ccccc2)CC1. The first-order valence-electron chi connectivity index (χ1n) is 42.3. The molecule has 11 rings (SSSR count). The zero-order valence-electron chi connectivity index (χ0n) is 73.3. The molecule has 3 unspecified atom stereocenters. The lowest BCUT2D eigenvalue weighted by atomic mass is 9.77. The fourth-order valence-corrected chi connectivity index (χ4v) is 14.9. The molecule has 6 atom stereocenters. The van der Waals surface area contributed by atoms with Crippen LogP contribution in [-0.4, -0.2) is 75.3 Å². The lowest BCUT2D eigenvalue weighted by Gasteiger charge is -2.47. The molecular formula is C101H130ClF3N4O11. The zero-order valence-corrected chi connectivity index (χ0v) is 74.1. The first kappa shape index (κ1) is 99.2. The quantitative estimate of drug-likeness (QED) is 0.0308. The van der Waals surface area contributed by atoms with E-state index in [-0.39, 0.29) is 113 Å². The van der Waals surface area contributed by atoms with Crippen LogP contribution in [-0.2, 0) is 33.4 Å². The third-order valence-corrected chi connectivity index (χ3v) is 21.9. The number of nitrogens with one attached hydrogen (secondary N) is 1. The second-order valence-electron chi connectivity index (χ2n) is 36.4. The second-order valence-corrected chi connectivity index (χ2v) is 36.4. The van der Waals surface area contributed by atoms with Crippen molar-refractivity contribution in [3.05, 3.63) is 285 Å². The highest BCUT2D eigenvalue weighted by molar-refractivity contribution is 5.91. The number of carbonyl (C=O) groups excluding carboxylic acids is 6. The van der Waals surface area contributed by atoms with E-state index in [2.05, 4.69) is 121 Å². The number of ether oxygens (including phenoxy) is 3. The average Bonchev–Trinajstić information content (AvgIpc) is 1.58. The van der Waals surface area contributed by atoms with Gasteiger partial charge in [0, 0.05) is 25.3 Å². The standard InChI is InChI=1S/C37H45FN2O3.C26H34FNO3.C17H27NO2.C12H14O.C9H9FO2.ClH/c1-25(2)43-35(42)30-13-11-28(12-14-30)32(21-22-36(3,4)5)40-34(41)33(29-15-17-31(38)18-16-29)39-37(40)23-19-27(20-24-37)26-9-7-6-8-10-26;1-17(2)31-25(30)20-8-6-18(7-9-20)21(14-15-26(3,4)5)16-23(29)24(28)19-10-12-22(27)13-11-19;1-12(2)20-16(19)14-8-6-13(7-9-14)15(18)10-11-17(3,4)5;13-12-8-6-11(7-9-12)10-4-2-1-3-5-10;1-6(9(11)12)7-2-4-8(10)5-3-7;/h6-18,25,27,32-33,39H,19-24H2,1-5H3;6-13,17,21,24H,14-16,28H2,1-5H3;6-9,12,15H,10-11,18H2,1-5H3;1-5,11H,6-9H2;2-6H,1H3,(H,11,12);1H/t27?,32-,33?,37?;21-,24?;15-;;;/m101.../s1. The Kier molecular flexibility index (Phi) is 38.4. The maximum atomic E-state index is 14.5. The van der Waals surface area contributed by atoms with Gasteiger partial charge in [-0.2, -0.15) is 0 Å². The van der Waals surface area contributed by atoms with Gasteiger partial charge in [-0.3, -0.25) is 24.5 Å². The minimum Gasteiger partial charge on any atom is -0.481 e. The van der Waals surface area contributed by atoms with Gasteiger partial charge in [-0.15, -0.1) is 12.4 Å². The van der Waals surface area contributed by atoms with Crippen LogP contribution in [0.3, 0.4) is 0 Å². The Labute approximate surface area is 717 Å². The fraction of sp³-hybridized carbons (Fsp3) is 0.455. The van der Waals surface area contributed by atoms with Crippen molar-refractivity contribution in [3.8, 4) is 0 Å². The van der Waals surface area contributed by atoms with Gasteiger partial charge in [-0.05, 0) is 277 Å². The van der Waals surface area contributed by atoms with E-state index >= 15 is 0 Å². The van der Waals surface area contributed by atoms with Crippen LogP contribution in [0.1, 0.15) is 331 Å². The van der Waals surface area contributed by atoms with Gasteiger partial charge in [0.2, 0.25) is 5.91 Å². The molecule has 648 valence electrons. The molecule has 2 aliphatic carbocycles. The Balaban J connectivity index is 0.000000252. The van der Waals surface area contributed by atoms with Crippen LogP contribution in [0.5, 0.6) is 0 Å². The number of aliphatic carboxylic acids is 1. The van der Waals surface area contributed by atoms with Crippen molar-refractivity contribution >= 4 is 53.8 Å². The number of ketones is 2. The summed E-state index contributed by atoms with van der Waals surface area (Å²) in [6, 6.07) is 59.4. The number of Topliss-reactive ketones (excluding diaryl/α,β-unsaturated/α-hetero) is 2. The van der Waals surface area contributed by atoms with Gasteiger partial charge in [0.05, 0.1) is 58.7 Å². The number of halogens is 4. The summed E-state index contributed by atoms with van der Waals surface area (Å²) in [6.45, 7) is 32.4. The molecule has 6 N–H and O–H groups in total. The van der Waals surface area contributed by atoms with Crippen molar-refractivity contribution in [2.75, 3.05) is 0 Å². The van der Waals surface area contributed by atoms with Gasteiger partial charge in [0.15, 0.2) is 5.78 Å². The summed E-state index contributed by atoms with van der Waals surface area (Å²) in [4.78, 5) is 87.6. The minimum atomic E-state index is -0.901. The van der Waals surface area contributed by atoms with Crippen LogP contribution in [0.4, 0.5) is 13.2 Å². The summed E-state index contributed by atoms with van der Waals surface area (Å²) in [5.41, 5.74) is 21.7. The van der Waals surface area contributed by atoms with Crippen LogP contribution >= 0.6 is 12.4 Å². The van der Waals surface area contributed by atoms with E-state index < -0.39 is 29.6 Å². The number of carbonyl (C=O) groups is 7. The van der Waals surface area contributed by atoms with Crippen molar-refractivity contribution in [2.24, 2.45) is 27.7 Å². The van der Waals surface area contributed by atoms with Crippen LogP contribution in [0.15, 0.2) is 206 Å². The smallest absolute Gasteiger partial charge is 0.338 e. The molecule has 8 aromatic rings. The number of hydrogen-bond acceptors (Lipinski definition) is 13. The molecule has 1 heterocycles.